The fourth-order valence-corrected chi connectivity index (χ4v) is 4.83. The zero-order valence-electron chi connectivity index (χ0n) is 15.7. The highest BCUT2D eigenvalue weighted by Gasteiger charge is 2.26. The van der Waals surface area contributed by atoms with Gasteiger partial charge >= 0.3 is 0 Å². The van der Waals surface area contributed by atoms with Crippen molar-refractivity contribution >= 4 is 27.6 Å². The molecule has 0 radical (unpaired) electrons. The molecule has 1 N–H and O–H groups in total. The number of sulfonamides is 1. The summed E-state index contributed by atoms with van der Waals surface area (Å²) < 4.78 is 37.0. The highest BCUT2D eigenvalue weighted by Crippen LogP contribution is 2.23. The number of nitrogens with zero attached hydrogens (tertiary/aromatic N) is 3. The van der Waals surface area contributed by atoms with Crippen LogP contribution in [0.15, 0.2) is 46.6 Å². The molecule has 0 spiro atoms. The highest BCUT2D eigenvalue weighted by molar-refractivity contribution is 7.98. The fourth-order valence-electron chi connectivity index (χ4n) is 2.63. The molecule has 1 aromatic heterocycles. The summed E-state index contributed by atoms with van der Waals surface area (Å²) in [7, 11) is -1.81. The number of thioether (sulfide) groups is 1. The number of morpholine rings is 1. The molecule has 0 atom stereocenters. The average Bonchev–Trinajstić information content (AvgIpc) is 2.74. The number of rotatable bonds is 9. The summed E-state index contributed by atoms with van der Waals surface area (Å²) in [5.74, 6) is 1.40. The zero-order chi connectivity index (χ0) is 19.8. The molecule has 0 unspecified atom stereocenters. The van der Waals surface area contributed by atoms with Gasteiger partial charge in [0, 0.05) is 38.7 Å². The van der Waals surface area contributed by atoms with Gasteiger partial charge < -0.3 is 14.8 Å². The molecule has 2 aromatic rings. The van der Waals surface area contributed by atoms with E-state index in [1.165, 1.54) is 16.1 Å². The molecular formula is C18H24N4O4S2. The first kappa shape index (κ1) is 21.0. The van der Waals surface area contributed by atoms with Gasteiger partial charge in [-0.15, -0.1) is 0 Å². The minimum absolute atomic E-state index is 0.309. The Labute approximate surface area is 169 Å². The minimum atomic E-state index is -3.46. The molecule has 0 aliphatic carbocycles. The molecule has 0 amide bonds. The van der Waals surface area contributed by atoms with Crippen molar-refractivity contribution in [3.8, 4) is 0 Å². The lowest BCUT2D eigenvalue weighted by Crippen LogP contribution is -2.40. The third-order valence-corrected chi connectivity index (χ3v) is 6.99. The van der Waals surface area contributed by atoms with Crippen LogP contribution in [-0.2, 0) is 25.2 Å². The van der Waals surface area contributed by atoms with E-state index in [1.54, 1.807) is 25.4 Å². The first-order valence-electron chi connectivity index (χ1n) is 8.95. The molecule has 0 saturated carbocycles. The number of hydrogen-bond donors (Lipinski definition) is 1. The number of hydrogen-bond acceptors (Lipinski definition) is 8. The molecule has 1 aromatic carbocycles. The van der Waals surface area contributed by atoms with Gasteiger partial charge in [0.2, 0.25) is 10.0 Å². The van der Waals surface area contributed by atoms with Crippen molar-refractivity contribution in [3.05, 3.63) is 42.1 Å². The first-order valence-corrected chi connectivity index (χ1v) is 11.4. The maximum atomic E-state index is 12.7. The first-order chi connectivity index (χ1) is 13.6. The van der Waals surface area contributed by atoms with Gasteiger partial charge in [-0.2, -0.15) is 4.31 Å². The SMILES string of the molecule is COCCNc1ccnc(SCc2ccc(S(=O)(=O)N3CCOCC3)cc2)n1. The number of ether oxygens (including phenoxy) is 2. The minimum Gasteiger partial charge on any atom is -0.383 e. The van der Waals surface area contributed by atoms with E-state index in [9.17, 15) is 8.42 Å². The molecule has 0 bridgehead atoms. The molecule has 8 nitrogen and oxygen atoms in total. The second-order valence-electron chi connectivity index (χ2n) is 6.09. The van der Waals surface area contributed by atoms with Gasteiger partial charge in [-0.05, 0) is 23.8 Å². The fraction of sp³-hybridized carbons (Fsp3) is 0.444. The molecule has 1 aliphatic rings. The lowest BCUT2D eigenvalue weighted by atomic mass is 10.2. The van der Waals surface area contributed by atoms with E-state index in [2.05, 4.69) is 15.3 Å². The average molecular weight is 425 g/mol. The van der Waals surface area contributed by atoms with Crippen LogP contribution in [0.3, 0.4) is 0 Å². The van der Waals surface area contributed by atoms with E-state index in [-0.39, 0.29) is 0 Å². The van der Waals surface area contributed by atoms with E-state index >= 15 is 0 Å². The lowest BCUT2D eigenvalue weighted by molar-refractivity contribution is 0.0730. The second-order valence-corrected chi connectivity index (χ2v) is 8.97. The quantitative estimate of drug-likeness (QED) is 0.370. The van der Waals surface area contributed by atoms with Crippen molar-refractivity contribution in [2.45, 2.75) is 15.8 Å². The Morgan fingerprint density at radius 3 is 2.68 bits per heavy atom. The molecule has 1 fully saturated rings. The van der Waals surface area contributed by atoms with Crippen LogP contribution in [0.25, 0.3) is 0 Å². The zero-order valence-corrected chi connectivity index (χ0v) is 17.3. The Kier molecular flexibility index (Phi) is 7.63. The summed E-state index contributed by atoms with van der Waals surface area (Å²) in [5.41, 5.74) is 1.01. The Bertz CT molecular complexity index is 856. The van der Waals surface area contributed by atoms with Crippen LogP contribution in [-0.4, -0.2) is 69.3 Å². The largest absolute Gasteiger partial charge is 0.383 e. The molecule has 1 aliphatic heterocycles. The van der Waals surface area contributed by atoms with Crippen molar-refractivity contribution in [2.75, 3.05) is 51.9 Å². The number of anilines is 1. The molecule has 10 heteroatoms. The summed E-state index contributed by atoms with van der Waals surface area (Å²) in [6.45, 7) is 2.95. The number of methoxy groups -OCH3 is 1. The Morgan fingerprint density at radius 2 is 1.96 bits per heavy atom. The molecule has 3 rings (SSSR count). The van der Waals surface area contributed by atoms with Crippen LogP contribution in [0.4, 0.5) is 5.82 Å². The summed E-state index contributed by atoms with van der Waals surface area (Å²) >= 11 is 1.50. The third kappa shape index (κ3) is 5.65. The number of benzene rings is 1. The standard InChI is InChI=1S/C18H24N4O4S2/c1-25-11-8-19-17-6-7-20-18(21-17)27-14-15-2-4-16(5-3-15)28(23,24)22-9-12-26-13-10-22/h2-7H,8-14H2,1H3,(H,19,20,21). The predicted molar refractivity (Wildman–Crippen MR) is 108 cm³/mol. The van der Waals surface area contributed by atoms with Crippen LogP contribution in [0.5, 0.6) is 0 Å². The Morgan fingerprint density at radius 1 is 1.21 bits per heavy atom. The summed E-state index contributed by atoms with van der Waals surface area (Å²) in [6, 6.07) is 8.79. The van der Waals surface area contributed by atoms with Crippen LogP contribution < -0.4 is 5.32 Å². The molecule has 152 valence electrons. The highest BCUT2D eigenvalue weighted by atomic mass is 32.2. The summed E-state index contributed by atoms with van der Waals surface area (Å²) in [6.07, 6.45) is 1.71. The van der Waals surface area contributed by atoms with Gasteiger partial charge in [0.15, 0.2) is 5.16 Å². The second kappa shape index (κ2) is 10.2. The Balaban J connectivity index is 1.58. The molecule has 2 heterocycles. The van der Waals surface area contributed by atoms with E-state index in [0.29, 0.717) is 55.3 Å². The van der Waals surface area contributed by atoms with Gasteiger partial charge in [0.05, 0.1) is 24.7 Å². The van der Waals surface area contributed by atoms with Crippen LogP contribution in [0.1, 0.15) is 5.56 Å². The van der Waals surface area contributed by atoms with Gasteiger partial charge in [-0.1, -0.05) is 23.9 Å². The van der Waals surface area contributed by atoms with E-state index in [4.69, 9.17) is 9.47 Å². The van der Waals surface area contributed by atoms with Crippen LogP contribution >= 0.6 is 11.8 Å². The molecule has 1 saturated heterocycles. The van der Waals surface area contributed by atoms with Gasteiger partial charge in [0.1, 0.15) is 5.82 Å². The van der Waals surface area contributed by atoms with Gasteiger partial charge in [-0.3, -0.25) is 0 Å². The van der Waals surface area contributed by atoms with Crippen molar-refractivity contribution < 1.29 is 17.9 Å². The van der Waals surface area contributed by atoms with Gasteiger partial charge in [0.25, 0.3) is 0 Å². The normalized spacial score (nSPS) is 15.5. The number of aromatic nitrogens is 2. The third-order valence-electron chi connectivity index (χ3n) is 4.14. The van der Waals surface area contributed by atoms with Crippen LogP contribution in [0.2, 0.25) is 0 Å². The van der Waals surface area contributed by atoms with Crippen molar-refractivity contribution in [2.24, 2.45) is 0 Å². The molecule has 28 heavy (non-hydrogen) atoms. The lowest BCUT2D eigenvalue weighted by Gasteiger charge is -2.26. The summed E-state index contributed by atoms with van der Waals surface area (Å²) in [5, 5.41) is 3.83. The van der Waals surface area contributed by atoms with Crippen molar-refractivity contribution in [3.63, 3.8) is 0 Å². The maximum Gasteiger partial charge on any atom is 0.243 e. The van der Waals surface area contributed by atoms with E-state index in [1.807, 2.05) is 18.2 Å². The van der Waals surface area contributed by atoms with E-state index < -0.39 is 10.0 Å². The Hall–Kier alpha value is -1.72. The van der Waals surface area contributed by atoms with E-state index in [0.717, 1.165) is 11.4 Å². The summed E-state index contributed by atoms with van der Waals surface area (Å²) in [4.78, 5) is 9.02. The van der Waals surface area contributed by atoms with Crippen LogP contribution in [0, 0.1) is 0 Å². The van der Waals surface area contributed by atoms with Gasteiger partial charge in [-0.25, -0.2) is 18.4 Å². The monoisotopic (exact) mass is 424 g/mol. The predicted octanol–water partition coefficient (Wildman–Crippen LogP) is 1.85. The van der Waals surface area contributed by atoms with Crippen molar-refractivity contribution in [1.29, 1.82) is 0 Å². The van der Waals surface area contributed by atoms with Crippen molar-refractivity contribution in [1.82, 2.24) is 14.3 Å². The number of nitrogens with one attached hydrogen (secondary N) is 1. The molecular weight excluding hydrogens is 400 g/mol. The smallest absolute Gasteiger partial charge is 0.243 e. The maximum absolute atomic E-state index is 12.7. The topological polar surface area (TPSA) is 93.6 Å².